The zero-order chi connectivity index (χ0) is 26.7. The Hall–Kier alpha value is -3.25. The summed E-state index contributed by atoms with van der Waals surface area (Å²) in [6.07, 6.45) is -5.33. The van der Waals surface area contributed by atoms with Gasteiger partial charge < -0.3 is 20.2 Å². The molecule has 13 heteroatoms. The second kappa shape index (κ2) is 8.70. The largest absolute Gasteiger partial charge is 0.493 e. The first-order valence-electron chi connectivity index (χ1n) is 10.5. The van der Waals surface area contributed by atoms with Gasteiger partial charge in [-0.15, -0.1) is 0 Å². The minimum Gasteiger partial charge on any atom is -0.493 e. The quantitative estimate of drug-likeness (QED) is 0.471. The molecule has 1 amide bonds. The number of methoxy groups -OCH3 is 1. The number of nitrogens with two attached hydrogens (primary N) is 1. The number of fused-ring (bicyclic) bond motifs is 1. The number of carbonyl (C=O) groups excluding carboxylic acids is 1. The molecule has 1 saturated heterocycles. The summed E-state index contributed by atoms with van der Waals surface area (Å²) in [6.45, 7) is 2.08. The maximum atomic E-state index is 14.6. The van der Waals surface area contributed by atoms with E-state index in [2.05, 4.69) is 9.97 Å². The van der Waals surface area contributed by atoms with Gasteiger partial charge in [-0.1, -0.05) is 24.6 Å². The van der Waals surface area contributed by atoms with Crippen LogP contribution in [-0.2, 0) is 4.74 Å². The number of hydrogen-bond acceptors (Lipinski definition) is 5. The molecule has 1 fully saturated rings. The predicted molar refractivity (Wildman–Crippen MR) is 119 cm³/mol. The summed E-state index contributed by atoms with van der Waals surface area (Å²) in [4.78, 5) is 31.3. The lowest BCUT2D eigenvalue weighted by Crippen LogP contribution is -2.46. The first-order chi connectivity index (χ1) is 16.7. The highest BCUT2D eigenvalue weighted by atomic mass is 35.5. The van der Waals surface area contributed by atoms with E-state index in [0.29, 0.717) is 0 Å². The number of H-pyrrole nitrogens is 1. The molecule has 0 bridgehead atoms. The van der Waals surface area contributed by atoms with E-state index in [-0.39, 0.29) is 32.9 Å². The van der Waals surface area contributed by atoms with Crippen LogP contribution in [0.2, 0.25) is 5.02 Å². The van der Waals surface area contributed by atoms with Gasteiger partial charge in [0.1, 0.15) is 11.8 Å². The number of alkyl halides is 3. The van der Waals surface area contributed by atoms with Crippen molar-refractivity contribution in [1.29, 1.82) is 0 Å². The lowest BCUT2D eigenvalue weighted by molar-refractivity contribution is -0.275. The average molecular weight is 532 g/mol. The fourth-order valence-electron chi connectivity index (χ4n) is 4.66. The monoisotopic (exact) mass is 531 g/mol. The molecule has 1 aromatic carbocycles. The summed E-state index contributed by atoms with van der Waals surface area (Å²) in [5.74, 6) is -6.85. The van der Waals surface area contributed by atoms with Crippen LogP contribution in [0.5, 0.6) is 5.75 Å². The van der Waals surface area contributed by atoms with Crippen molar-refractivity contribution in [2.75, 3.05) is 7.11 Å². The first-order valence-corrected chi connectivity index (χ1v) is 10.9. The van der Waals surface area contributed by atoms with E-state index >= 15 is 0 Å². The fourth-order valence-corrected chi connectivity index (χ4v) is 4.86. The third-order valence-electron chi connectivity index (χ3n) is 6.69. The molecule has 0 saturated carbocycles. The number of aromatic nitrogens is 2. The Kier molecular flexibility index (Phi) is 6.24. The standard InChI is InChI=1S/C23H19ClF5N3O4/c1-8-14(9-4-5-11(25)16(26)19(9)35-3)20(36-22(8,2)23(27,28)29)12-6-13(33)15-17(32-12)10(24)7-31-18(15)21(30)34/h4-8,14,20H,1-3H3,(H2,30,34)(H,32,33)/t8-,14-,20-,22+/m0/s1. The third kappa shape index (κ3) is 3.79. The van der Waals surface area contributed by atoms with E-state index in [4.69, 9.17) is 26.8 Å². The lowest BCUT2D eigenvalue weighted by atomic mass is 9.76. The average Bonchev–Trinajstić information content (AvgIpc) is 3.07. The molecule has 0 aliphatic carbocycles. The number of nitrogens with zero attached hydrogens (tertiary/aromatic N) is 1. The molecule has 1 aliphatic rings. The highest BCUT2D eigenvalue weighted by Crippen LogP contribution is 2.59. The van der Waals surface area contributed by atoms with Crippen LogP contribution in [0.1, 0.15) is 47.6 Å². The van der Waals surface area contributed by atoms with Gasteiger partial charge in [0.15, 0.2) is 22.6 Å². The molecule has 4 atom stereocenters. The molecule has 7 nitrogen and oxygen atoms in total. The van der Waals surface area contributed by atoms with Gasteiger partial charge in [0.05, 0.1) is 23.0 Å². The number of ether oxygens (including phenoxy) is 2. The minimum atomic E-state index is -4.87. The molecule has 3 aromatic rings. The Bertz CT molecular complexity index is 1440. The number of primary amides is 1. The number of halogens is 6. The number of aromatic amines is 1. The highest BCUT2D eigenvalue weighted by Gasteiger charge is 2.65. The van der Waals surface area contributed by atoms with E-state index in [1.54, 1.807) is 0 Å². The highest BCUT2D eigenvalue weighted by molar-refractivity contribution is 6.35. The van der Waals surface area contributed by atoms with Crippen molar-refractivity contribution in [3.63, 3.8) is 0 Å². The van der Waals surface area contributed by atoms with E-state index in [9.17, 15) is 31.5 Å². The van der Waals surface area contributed by atoms with E-state index in [1.165, 1.54) is 6.92 Å². The molecule has 4 rings (SSSR count). The Morgan fingerprint density at radius 2 is 1.97 bits per heavy atom. The maximum absolute atomic E-state index is 14.6. The molecular weight excluding hydrogens is 513 g/mol. The Morgan fingerprint density at radius 3 is 2.56 bits per heavy atom. The van der Waals surface area contributed by atoms with Gasteiger partial charge in [0, 0.05) is 35.4 Å². The molecule has 0 spiro atoms. The van der Waals surface area contributed by atoms with Crippen molar-refractivity contribution in [3.05, 3.63) is 68.2 Å². The molecule has 1 aliphatic heterocycles. The zero-order valence-corrected chi connectivity index (χ0v) is 19.7. The van der Waals surface area contributed by atoms with Crippen molar-refractivity contribution in [2.24, 2.45) is 11.7 Å². The second-order valence-electron chi connectivity index (χ2n) is 8.60. The maximum Gasteiger partial charge on any atom is 0.417 e. The van der Waals surface area contributed by atoms with Gasteiger partial charge in [-0.25, -0.2) is 9.37 Å². The van der Waals surface area contributed by atoms with Crippen molar-refractivity contribution >= 4 is 28.4 Å². The molecule has 192 valence electrons. The topological polar surface area (TPSA) is 107 Å². The van der Waals surface area contributed by atoms with Crippen LogP contribution in [-0.4, -0.2) is 34.8 Å². The Morgan fingerprint density at radius 1 is 1.31 bits per heavy atom. The predicted octanol–water partition coefficient (Wildman–Crippen LogP) is 4.77. The summed E-state index contributed by atoms with van der Waals surface area (Å²) in [6, 6.07) is 2.81. The summed E-state index contributed by atoms with van der Waals surface area (Å²) in [5.41, 5.74) is 1.00. The van der Waals surface area contributed by atoms with Gasteiger partial charge in [-0.2, -0.15) is 17.6 Å². The Labute approximate surface area is 205 Å². The van der Waals surface area contributed by atoms with Crippen LogP contribution in [0.25, 0.3) is 10.9 Å². The molecule has 3 N–H and O–H groups in total. The van der Waals surface area contributed by atoms with Crippen molar-refractivity contribution in [1.82, 2.24) is 9.97 Å². The molecule has 2 aromatic heterocycles. The van der Waals surface area contributed by atoms with Crippen LogP contribution in [0.4, 0.5) is 22.0 Å². The van der Waals surface area contributed by atoms with Crippen LogP contribution in [0, 0.1) is 17.6 Å². The summed E-state index contributed by atoms with van der Waals surface area (Å²) < 4.78 is 81.6. The van der Waals surface area contributed by atoms with E-state index in [0.717, 1.165) is 38.4 Å². The zero-order valence-electron chi connectivity index (χ0n) is 19.0. The third-order valence-corrected chi connectivity index (χ3v) is 6.97. The van der Waals surface area contributed by atoms with Gasteiger partial charge >= 0.3 is 6.18 Å². The fraction of sp³-hybridized carbons (Fsp3) is 0.348. The van der Waals surface area contributed by atoms with Gasteiger partial charge in [-0.3, -0.25) is 9.59 Å². The Balaban J connectivity index is 2.01. The van der Waals surface area contributed by atoms with E-state index < -0.39 is 58.4 Å². The van der Waals surface area contributed by atoms with Gasteiger partial charge in [0.2, 0.25) is 5.82 Å². The number of hydrogen-bond donors (Lipinski definition) is 2. The SMILES string of the molecule is COc1c([C@H]2[C@H](c3cc(=O)c4c(C(N)=O)ncc(Cl)c4[nH]3)O[C@@](C)(C(F)(F)F)[C@H]2C)ccc(F)c1F. The van der Waals surface area contributed by atoms with Crippen molar-refractivity contribution in [3.8, 4) is 5.75 Å². The minimum absolute atomic E-state index is 0.0959. The van der Waals surface area contributed by atoms with Gasteiger partial charge in [0.25, 0.3) is 5.91 Å². The molecule has 0 radical (unpaired) electrons. The first kappa shape index (κ1) is 25.8. The number of benzene rings is 1. The smallest absolute Gasteiger partial charge is 0.417 e. The van der Waals surface area contributed by atoms with Gasteiger partial charge in [-0.05, 0) is 13.0 Å². The van der Waals surface area contributed by atoms with Crippen LogP contribution in [0.3, 0.4) is 0 Å². The normalized spacial score (nSPS) is 24.3. The number of carbonyl (C=O) groups is 1. The summed E-state index contributed by atoms with van der Waals surface area (Å²) in [5, 5.41) is -0.370. The number of rotatable bonds is 4. The van der Waals surface area contributed by atoms with Crippen LogP contribution >= 0.6 is 11.6 Å². The molecule has 36 heavy (non-hydrogen) atoms. The molecule has 0 unspecified atom stereocenters. The van der Waals surface area contributed by atoms with Crippen molar-refractivity contribution < 1.29 is 36.2 Å². The van der Waals surface area contributed by atoms with Crippen LogP contribution < -0.4 is 15.9 Å². The van der Waals surface area contributed by atoms with Crippen molar-refractivity contribution in [2.45, 2.75) is 37.6 Å². The molecule has 3 heterocycles. The lowest BCUT2D eigenvalue weighted by Gasteiger charge is -2.32. The number of pyridine rings is 2. The summed E-state index contributed by atoms with van der Waals surface area (Å²) >= 11 is 6.16. The number of amides is 1. The van der Waals surface area contributed by atoms with E-state index in [1.807, 2.05) is 0 Å². The van der Waals surface area contributed by atoms with Crippen LogP contribution in [0.15, 0.2) is 29.2 Å². The number of nitrogens with one attached hydrogen (secondary N) is 1. The second-order valence-corrected chi connectivity index (χ2v) is 9.01. The molecular formula is C23H19ClF5N3O4. The summed E-state index contributed by atoms with van der Waals surface area (Å²) in [7, 11) is 1.05.